The van der Waals surface area contributed by atoms with Gasteiger partial charge in [0.05, 0.1) is 28.5 Å². The molecule has 0 N–H and O–H groups in total. The Kier molecular flexibility index (Phi) is 9.40. The molecule has 232 valence electrons. The van der Waals surface area contributed by atoms with Crippen molar-refractivity contribution >= 4 is 23.4 Å². The maximum Gasteiger partial charge on any atom is 0.343 e. The summed E-state index contributed by atoms with van der Waals surface area (Å²) in [6, 6.07) is 32.7. The second-order valence-corrected chi connectivity index (χ2v) is 11.4. The normalized spacial score (nSPS) is 14.3. The van der Waals surface area contributed by atoms with Crippen LogP contribution in [0.3, 0.4) is 0 Å². The van der Waals surface area contributed by atoms with Crippen molar-refractivity contribution in [1.82, 2.24) is 4.57 Å². The standard InChI is InChI=1S/C37H32N2O6S/c1-3-42-31-23-26(19-20-30(31)44-22-21-43-28-15-9-5-10-16-28)24-32-35(40)39-34(27-13-7-4-8-14-27)33(25(2)38-37(39)46-32)36(41)45-29-17-11-6-12-18-29/h4-20,23-24,34H,3,21-22H2,1-2H3. The van der Waals surface area contributed by atoms with Crippen molar-refractivity contribution in [3.63, 3.8) is 0 Å². The van der Waals surface area contributed by atoms with Gasteiger partial charge in [0.1, 0.15) is 24.7 Å². The number of allylic oxidation sites excluding steroid dienone is 1. The molecule has 46 heavy (non-hydrogen) atoms. The summed E-state index contributed by atoms with van der Waals surface area (Å²) in [4.78, 5) is 32.8. The fourth-order valence-corrected chi connectivity index (χ4v) is 6.21. The molecule has 0 saturated heterocycles. The van der Waals surface area contributed by atoms with Crippen molar-refractivity contribution in [2.45, 2.75) is 19.9 Å². The maximum absolute atomic E-state index is 14.0. The third-order valence-corrected chi connectivity index (χ3v) is 8.21. The number of fused-ring (bicyclic) bond motifs is 1. The molecule has 6 rings (SSSR count). The van der Waals surface area contributed by atoms with Crippen LogP contribution in [0.25, 0.3) is 6.08 Å². The predicted molar refractivity (Wildman–Crippen MR) is 177 cm³/mol. The molecule has 5 aromatic rings. The number of thiazole rings is 1. The van der Waals surface area contributed by atoms with Gasteiger partial charge in [-0.15, -0.1) is 0 Å². The summed E-state index contributed by atoms with van der Waals surface area (Å²) < 4.78 is 25.4. The monoisotopic (exact) mass is 632 g/mol. The summed E-state index contributed by atoms with van der Waals surface area (Å²) in [6.07, 6.45) is 1.80. The number of aromatic nitrogens is 1. The zero-order chi connectivity index (χ0) is 31.9. The van der Waals surface area contributed by atoms with Gasteiger partial charge < -0.3 is 18.9 Å². The Bertz CT molecular complexity index is 2040. The molecule has 1 atom stereocenters. The van der Waals surface area contributed by atoms with Gasteiger partial charge >= 0.3 is 5.97 Å². The van der Waals surface area contributed by atoms with E-state index in [1.54, 1.807) is 41.8 Å². The largest absolute Gasteiger partial charge is 0.490 e. The molecule has 0 spiro atoms. The van der Waals surface area contributed by atoms with Gasteiger partial charge in [0.15, 0.2) is 16.3 Å². The van der Waals surface area contributed by atoms with Crippen molar-refractivity contribution in [2.24, 2.45) is 4.99 Å². The van der Waals surface area contributed by atoms with Crippen molar-refractivity contribution in [3.05, 3.63) is 151 Å². The summed E-state index contributed by atoms with van der Waals surface area (Å²) in [7, 11) is 0. The Labute approximate surface area is 270 Å². The summed E-state index contributed by atoms with van der Waals surface area (Å²) in [6.45, 7) is 4.83. The van der Waals surface area contributed by atoms with Gasteiger partial charge in [-0.25, -0.2) is 9.79 Å². The molecule has 8 nitrogen and oxygen atoms in total. The lowest BCUT2D eigenvalue weighted by Crippen LogP contribution is -2.40. The topological polar surface area (TPSA) is 88.4 Å². The molecule has 9 heteroatoms. The molecule has 1 aliphatic heterocycles. The van der Waals surface area contributed by atoms with Crippen LogP contribution in [-0.4, -0.2) is 30.4 Å². The number of ether oxygens (including phenoxy) is 4. The molecule has 0 radical (unpaired) electrons. The van der Waals surface area contributed by atoms with Crippen molar-refractivity contribution < 1.29 is 23.7 Å². The number of benzene rings is 4. The second-order valence-electron chi connectivity index (χ2n) is 10.3. The Morgan fingerprint density at radius 1 is 0.826 bits per heavy atom. The van der Waals surface area contributed by atoms with Crippen LogP contribution in [0.2, 0.25) is 0 Å². The lowest BCUT2D eigenvalue weighted by Gasteiger charge is -2.24. The van der Waals surface area contributed by atoms with E-state index in [1.165, 1.54) is 11.3 Å². The number of carbonyl (C=O) groups is 1. The van der Waals surface area contributed by atoms with Gasteiger partial charge in [-0.1, -0.05) is 84.1 Å². The van der Waals surface area contributed by atoms with E-state index in [1.807, 2.05) is 91.9 Å². The van der Waals surface area contributed by atoms with Crippen molar-refractivity contribution in [1.29, 1.82) is 0 Å². The van der Waals surface area contributed by atoms with Gasteiger partial charge in [0, 0.05) is 0 Å². The highest BCUT2D eigenvalue weighted by Crippen LogP contribution is 2.32. The first-order valence-electron chi connectivity index (χ1n) is 14.9. The lowest BCUT2D eigenvalue weighted by molar-refractivity contribution is -0.130. The van der Waals surface area contributed by atoms with E-state index in [9.17, 15) is 9.59 Å². The van der Waals surface area contributed by atoms with Crippen LogP contribution in [-0.2, 0) is 4.79 Å². The van der Waals surface area contributed by atoms with Crippen LogP contribution >= 0.6 is 11.3 Å². The minimum absolute atomic E-state index is 0.258. The van der Waals surface area contributed by atoms with Crippen LogP contribution in [0.1, 0.15) is 31.0 Å². The van der Waals surface area contributed by atoms with Gasteiger partial charge in [-0.2, -0.15) is 0 Å². The summed E-state index contributed by atoms with van der Waals surface area (Å²) in [5.74, 6) is 1.78. The Morgan fingerprint density at radius 3 is 2.17 bits per heavy atom. The highest BCUT2D eigenvalue weighted by molar-refractivity contribution is 7.07. The van der Waals surface area contributed by atoms with E-state index in [2.05, 4.69) is 0 Å². The highest BCUT2D eigenvalue weighted by atomic mass is 32.1. The van der Waals surface area contributed by atoms with E-state index in [-0.39, 0.29) is 5.56 Å². The third kappa shape index (κ3) is 6.79. The molecule has 0 fully saturated rings. The molecule has 1 aromatic heterocycles. The Hall–Kier alpha value is -5.41. The zero-order valence-electron chi connectivity index (χ0n) is 25.4. The van der Waals surface area contributed by atoms with Crippen molar-refractivity contribution in [2.75, 3.05) is 19.8 Å². The number of rotatable bonds is 11. The smallest absolute Gasteiger partial charge is 0.343 e. The molecular weight excluding hydrogens is 600 g/mol. The van der Waals surface area contributed by atoms with E-state index < -0.39 is 12.0 Å². The van der Waals surface area contributed by atoms with E-state index >= 15 is 0 Å². The minimum atomic E-state index is -0.705. The molecule has 0 bridgehead atoms. The van der Waals surface area contributed by atoms with Crippen LogP contribution < -0.4 is 33.8 Å². The summed E-state index contributed by atoms with van der Waals surface area (Å²) in [5, 5.41) is 0. The van der Waals surface area contributed by atoms with Crippen LogP contribution in [0.5, 0.6) is 23.0 Å². The van der Waals surface area contributed by atoms with Gasteiger partial charge in [0.25, 0.3) is 5.56 Å². The average Bonchev–Trinajstić information content (AvgIpc) is 3.38. The fourth-order valence-electron chi connectivity index (χ4n) is 5.17. The number of esters is 1. The molecule has 0 aliphatic carbocycles. The maximum atomic E-state index is 14.0. The first kappa shape index (κ1) is 30.6. The molecule has 4 aromatic carbocycles. The first-order valence-corrected chi connectivity index (χ1v) is 15.8. The van der Waals surface area contributed by atoms with Gasteiger partial charge in [0.2, 0.25) is 0 Å². The predicted octanol–water partition coefficient (Wildman–Crippen LogP) is 5.70. The molecule has 0 saturated carbocycles. The van der Waals surface area contributed by atoms with Crippen molar-refractivity contribution in [3.8, 4) is 23.0 Å². The first-order chi connectivity index (χ1) is 22.5. The lowest BCUT2D eigenvalue weighted by atomic mass is 9.96. The van der Waals surface area contributed by atoms with E-state index in [4.69, 9.17) is 23.9 Å². The Morgan fingerprint density at radius 2 is 1.48 bits per heavy atom. The Balaban J connectivity index is 1.31. The summed E-state index contributed by atoms with van der Waals surface area (Å²) in [5.41, 5.74) is 2.09. The van der Waals surface area contributed by atoms with Crippen LogP contribution in [0, 0.1) is 0 Å². The molecule has 2 heterocycles. The SMILES string of the molecule is CCOc1cc(C=c2sc3n(c2=O)C(c2ccccc2)C(C(=O)Oc2ccccc2)=C(C)N=3)ccc1OCCOc1ccccc1. The minimum Gasteiger partial charge on any atom is -0.490 e. The van der Waals surface area contributed by atoms with Gasteiger partial charge in [-0.05, 0) is 67.4 Å². The molecule has 1 aliphatic rings. The number of hydrogen-bond donors (Lipinski definition) is 0. The molecule has 1 unspecified atom stereocenters. The number of para-hydroxylation sites is 2. The van der Waals surface area contributed by atoms with Crippen LogP contribution in [0.4, 0.5) is 0 Å². The quantitative estimate of drug-likeness (QED) is 0.106. The molecule has 0 amide bonds. The second kappa shape index (κ2) is 14.1. The molecular formula is C37H32N2O6S. The summed E-state index contributed by atoms with van der Waals surface area (Å²) >= 11 is 1.27. The number of hydrogen-bond acceptors (Lipinski definition) is 8. The van der Waals surface area contributed by atoms with E-state index in [0.717, 1.165) is 16.9 Å². The van der Waals surface area contributed by atoms with E-state index in [0.29, 0.717) is 57.7 Å². The van der Waals surface area contributed by atoms with Crippen LogP contribution in [0.15, 0.2) is 130 Å². The number of carbonyl (C=O) groups excluding carboxylic acids is 1. The fraction of sp³-hybridized carbons (Fsp3) is 0.162. The third-order valence-electron chi connectivity index (χ3n) is 7.23. The number of nitrogens with zero attached hydrogens (tertiary/aromatic N) is 2. The zero-order valence-corrected chi connectivity index (χ0v) is 26.2. The average molecular weight is 633 g/mol. The highest BCUT2D eigenvalue weighted by Gasteiger charge is 2.33. The van der Waals surface area contributed by atoms with Gasteiger partial charge in [-0.3, -0.25) is 9.36 Å².